The lowest BCUT2D eigenvalue weighted by Gasteiger charge is -2.10. The third kappa shape index (κ3) is 4.20. The summed E-state index contributed by atoms with van der Waals surface area (Å²) in [5.74, 6) is 0. The van der Waals surface area contributed by atoms with E-state index >= 15 is 0 Å². The first kappa shape index (κ1) is 17.5. The molecule has 0 radical (unpaired) electrons. The van der Waals surface area contributed by atoms with Gasteiger partial charge in [0.25, 0.3) is 0 Å². The summed E-state index contributed by atoms with van der Waals surface area (Å²) in [6.45, 7) is 19.6. The van der Waals surface area contributed by atoms with Crippen LogP contribution in [-0.2, 0) is 0 Å². The summed E-state index contributed by atoms with van der Waals surface area (Å²) in [5, 5.41) is 0. The van der Waals surface area contributed by atoms with Crippen LogP contribution in [0.25, 0.3) is 0 Å². The van der Waals surface area contributed by atoms with Crippen molar-refractivity contribution in [2.75, 3.05) is 0 Å². The molecule has 0 fully saturated rings. The van der Waals surface area contributed by atoms with Crippen molar-refractivity contribution < 1.29 is 0 Å². The minimum atomic E-state index is 1.36. The number of benzene rings is 2. The van der Waals surface area contributed by atoms with Crippen LogP contribution in [0.1, 0.15) is 50.1 Å². The van der Waals surface area contributed by atoms with Gasteiger partial charge in [-0.1, -0.05) is 23.8 Å². The van der Waals surface area contributed by atoms with Gasteiger partial charge in [-0.15, -0.1) is 0 Å². The van der Waals surface area contributed by atoms with Gasteiger partial charge >= 0.3 is 0 Å². The predicted molar refractivity (Wildman–Crippen MR) is 95.5 cm³/mol. The molecular formula is C21H30. The Morgan fingerprint density at radius 2 is 0.714 bits per heavy atom. The highest BCUT2D eigenvalue weighted by Gasteiger charge is 2.02. The van der Waals surface area contributed by atoms with E-state index < -0.39 is 0 Å². The first-order valence-corrected chi connectivity index (χ1v) is 7.73. The SMILES string of the molecule is Cc1cc(C)c(C)c(C)c1.Cc1cc(C)c(C)c(C)c1C. The van der Waals surface area contributed by atoms with Gasteiger partial charge in [0.05, 0.1) is 0 Å². The Labute approximate surface area is 131 Å². The molecule has 0 spiro atoms. The maximum Gasteiger partial charge on any atom is -0.0392 e. The largest absolute Gasteiger partial charge is 0.0561 e. The predicted octanol–water partition coefficient (Wildman–Crippen LogP) is 6.15. The summed E-state index contributed by atoms with van der Waals surface area (Å²) in [7, 11) is 0. The summed E-state index contributed by atoms with van der Waals surface area (Å²) in [4.78, 5) is 0. The van der Waals surface area contributed by atoms with Crippen LogP contribution in [0.15, 0.2) is 18.2 Å². The van der Waals surface area contributed by atoms with Gasteiger partial charge in [0.15, 0.2) is 0 Å². The molecule has 2 aromatic rings. The van der Waals surface area contributed by atoms with Crippen LogP contribution >= 0.6 is 0 Å². The van der Waals surface area contributed by atoms with E-state index in [1.54, 1.807) is 0 Å². The van der Waals surface area contributed by atoms with Crippen molar-refractivity contribution >= 4 is 0 Å². The monoisotopic (exact) mass is 282 g/mol. The quantitative estimate of drug-likeness (QED) is 0.543. The summed E-state index contributed by atoms with van der Waals surface area (Å²) in [5.41, 5.74) is 12.7. The van der Waals surface area contributed by atoms with E-state index in [0.717, 1.165) is 0 Å². The van der Waals surface area contributed by atoms with Crippen molar-refractivity contribution in [3.8, 4) is 0 Å². The fourth-order valence-corrected chi connectivity index (χ4v) is 2.67. The molecule has 0 N–H and O–H groups in total. The standard InChI is InChI=1S/C11H16.C10H14/c1-7-6-8(2)10(4)11(5)9(7)3;1-7-5-8(2)10(4)9(3)6-7/h6H,1-5H3;5-6H,1-4H3. The van der Waals surface area contributed by atoms with E-state index in [4.69, 9.17) is 0 Å². The van der Waals surface area contributed by atoms with Crippen molar-refractivity contribution in [3.63, 3.8) is 0 Å². The molecule has 0 aliphatic carbocycles. The third-order valence-electron chi connectivity index (χ3n) is 4.81. The molecule has 0 aliphatic rings. The molecule has 0 atom stereocenters. The maximum atomic E-state index is 2.26. The Balaban J connectivity index is 0.000000211. The summed E-state index contributed by atoms with van der Waals surface area (Å²) < 4.78 is 0. The lowest BCUT2D eigenvalue weighted by molar-refractivity contribution is 1.18. The van der Waals surface area contributed by atoms with E-state index in [2.05, 4.69) is 80.5 Å². The average molecular weight is 282 g/mol. The smallest absolute Gasteiger partial charge is 0.0392 e. The van der Waals surface area contributed by atoms with Crippen molar-refractivity contribution in [2.45, 2.75) is 62.3 Å². The fourth-order valence-electron chi connectivity index (χ4n) is 2.67. The lowest BCUT2D eigenvalue weighted by Crippen LogP contribution is -1.93. The Hall–Kier alpha value is -1.56. The number of hydrogen-bond donors (Lipinski definition) is 0. The topological polar surface area (TPSA) is 0 Å². The van der Waals surface area contributed by atoms with Gasteiger partial charge in [0.1, 0.15) is 0 Å². The molecule has 0 amide bonds. The Morgan fingerprint density at radius 1 is 0.381 bits per heavy atom. The van der Waals surface area contributed by atoms with Crippen LogP contribution in [0, 0.1) is 62.3 Å². The van der Waals surface area contributed by atoms with E-state index in [0.29, 0.717) is 0 Å². The fraction of sp³-hybridized carbons (Fsp3) is 0.429. The lowest BCUT2D eigenvalue weighted by atomic mass is 9.96. The summed E-state index contributed by atoms with van der Waals surface area (Å²) in [6.07, 6.45) is 0. The number of hydrogen-bond acceptors (Lipinski definition) is 0. The molecule has 2 rings (SSSR count). The molecule has 0 heterocycles. The molecule has 0 nitrogen and oxygen atoms in total. The summed E-state index contributed by atoms with van der Waals surface area (Å²) >= 11 is 0. The Bertz CT molecular complexity index is 596. The van der Waals surface area contributed by atoms with Crippen LogP contribution in [0.2, 0.25) is 0 Å². The van der Waals surface area contributed by atoms with E-state index in [1.807, 2.05) is 0 Å². The Kier molecular flexibility index (Phi) is 5.78. The van der Waals surface area contributed by atoms with Gasteiger partial charge in [0, 0.05) is 0 Å². The second kappa shape index (κ2) is 6.93. The second-order valence-corrected chi connectivity index (χ2v) is 6.41. The van der Waals surface area contributed by atoms with Gasteiger partial charge in [-0.25, -0.2) is 0 Å². The molecule has 114 valence electrons. The van der Waals surface area contributed by atoms with Crippen LogP contribution in [0.4, 0.5) is 0 Å². The van der Waals surface area contributed by atoms with E-state index in [1.165, 1.54) is 50.1 Å². The zero-order valence-corrected chi connectivity index (χ0v) is 15.2. The second-order valence-electron chi connectivity index (χ2n) is 6.41. The van der Waals surface area contributed by atoms with Crippen molar-refractivity contribution in [2.24, 2.45) is 0 Å². The molecule has 21 heavy (non-hydrogen) atoms. The Morgan fingerprint density at radius 3 is 1.10 bits per heavy atom. The maximum absolute atomic E-state index is 2.26. The molecule has 0 saturated carbocycles. The number of aryl methyl sites for hydroxylation is 5. The van der Waals surface area contributed by atoms with Crippen molar-refractivity contribution in [1.29, 1.82) is 0 Å². The van der Waals surface area contributed by atoms with Gasteiger partial charge in [-0.3, -0.25) is 0 Å². The minimum Gasteiger partial charge on any atom is -0.0561 e. The zero-order valence-electron chi connectivity index (χ0n) is 15.2. The van der Waals surface area contributed by atoms with Gasteiger partial charge in [0.2, 0.25) is 0 Å². The third-order valence-corrected chi connectivity index (χ3v) is 4.81. The molecule has 0 unspecified atom stereocenters. The minimum absolute atomic E-state index is 1.36. The van der Waals surface area contributed by atoms with Crippen LogP contribution in [0.3, 0.4) is 0 Å². The molecule has 0 heteroatoms. The highest BCUT2D eigenvalue weighted by Crippen LogP contribution is 2.19. The van der Waals surface area contributed by atoms with Gasteiger partial charge < -0.3 is 0 Å². The van der Waals surface area contributed by atoms with Crippen molar-refractivity contribution in [1.82, 2.24) is 0 Å². The number of rotatable bonds is 0. The van der Waals surface area contributed by atoms with Gasteiger partial charge in [-0.05, 0) is 107 Å². The van der Waals surface area contributed by atoms with Crippen LogP contribution < -0.4 is 0 Å². The molecule has 0 aromatic heterocycles. The average Bonchev–Trinajstić information content (AvgIpc) is 2.41. The van der Waals surface area contributed by atoms with E-state index in [-0.39, 0.29) is 0 Å². The normalized spacial score (nSPS) is 10.1. The zero-order chi connectivity index (χ0) is 16.3. The molecule has 0 bridgehead atoms. The first-order valence-electron chi connectivity index (χ1n) is 7.73. The highest BCUT2D eigenvalue weighted by molar-refractivity contribution is 5.42. The summed E-state index contributed by atoms with van der Waals surface area (Å²) in [6, 6.07) is 6.71. The van der Waals surface area contributed by atoms with Gasteiger partial charge in [-0.2, -0.15) is 0 Å². The van der Waals surface area contributed by atoms with Crippen LogP contribution in [-0.4, -0.2) is 0 Å². The molecule has 0 aliphatic heterocycles. The van der Waals surface area contributed by atoms with Crippen LogP contribution in [0.5, 0.6) is 0 Å². The molecule has 2 aromatic carbocycles. The van der Waals surface area contributed by atoms with Crippen molar-refractivity contribution in [3.05, 3.63) is 68.3 Å². The molecule has 0 saturated heterocycles. The molecular weight excluding hydrogens is 252 g/mol. The first-order chi connectivity index (χ1) is 9.65. The van der Waals surface area contributed by atoms with E-state index in [9.17, 15) is 0 Å². The highest BCUT2D eigenvalue weighted by atomic mass is 14.1.